The van der Waals surface area contributed by atoms with Crippen molar-refractivity contribution >= 4 is 21.6 Å². The van der Waals surface area contributed by atoms with Crippen LogP contribution < -0.4 is 15.8 Å². The van der Waals surface area contributed by atoms with Crippen molar-refractivity contribution in [1.82, 2.24) is 10.0 Å². The lowest BCUT2D eigenvalue weighted by Crippen LogP contribution is -2.31. The van der Waals surface area contributed by atoms with Crippen molar-refractivity contribution in [2.75, 3.05) is 5.73 Å². The summed E-state index contributed by atoms with van der Waals surface area (Å²) in [6.45, 7) is 5.30. The van der Waals surface area contributed by atoms with Gasteiger partial charge >= 0.3 is 0 Å². The number of nitrogens with two attached hydrogens (primary N) is 1. The molecule has 7 heteroatoms. The number of benzene rings is 2. The Hall–Kier alpha value is -2.38. The number of anilines is 1. The van der Waals surface area contributed by atoms with Crippen LogP contribution in [0.2, 0.25) is 0 Å². The fourth-order valence-electron chi connectivity index (χ4n) is 2.39. The van der Waals surface area contributed by atoms with E-state index in [9.17, 15) is 13.2 Å². The molecule has 0 bridgehead atoms. The second kappa shape index (κ2) is 7.67. The topological polar surface area (TPSA) is 101 Å². The molecule has 1 atom stereocenters. The van der Waals surface area contributed by atoms with Crippen LogP contribution in [0.1, 0.15) is 42.7 Å². The molecule has 0 spiro atoms. The number of rotatable bonds is 6. The summed E-state index contributed by atoms with van der Waals surface area (Å²) >= 11 is 0. The van der Waals surface area contributed by atoms with Gasteiger partial charge in [-0.15, -0.1) is 0 Å². The minimum atomic E-state index is -3.73. The van der Waals surface area contributed by atoms with Crippen LogP contribution in [-0.2, 0) is 10.0 Å². The lowest BCUT2D eigenvalue weighted by atomic mass is 10.1. The van der Waals surface area contributed by atoms with E-state index < -0.39 is 10.0 Å². The number of nitrogens with one attached hydrogen (secondary N) is 2. The van der Waals surface area contributed by atoms with Crippen molar-refractivity contribution in [2.24, 2.45) is 0 Å². The first-order chi connectivity index (χ1) is 11.7. The van der Waals surface area contributed by atoms with E-state index in [0.29, 0.717) is 0 Å². The normalized spacial score (nSPS) is 12.8. The third kappa shape index (κ3) is 5.04. The second-order valence-corrected chi connectivity index (χ2v) is 7.89. The van der Waals surface area contributed by atoms with Crippen LogP contribution in [0.25, 0.3) is 0 Å². The van der Waals surface area contributed by atoms with E-state index in [-0.39, 0.29) is 34.1 Å². The molecule has 25 heavy (non-hydrogen) atoms. The fourth-order valence-corrected chi connectivity index (χ4v) is 3.72. The van der Waals surface area contributed by atoms with E-state index in [4.69, 9.17) is 5.73 Å². The van der Waals surface area contributed by atoms with E-state index >= 15 is 0 Å². The average molecular weight is 361 g/mol. The second-order valence-electron chi connectivity index (χ2n) is 6.17. The highest BCUT2D eigenvalue weighted by molar-refractivity contribution is 7.89. The van der Waals surface area contributed by atoms with Gasteiger partial charge in [0.1, 0.15) is 0 Å². The Labute approximate surface area is 148 Å². The molecular weight excluding hydrogens is 338 g/mol. The molecule has 0 heterocycles. The number of amides is 1. The van der Waals surface area contributed by atoms with Crippen LogP contribution in [0.3, 0.4) is 0 Å². The molecule has 0 aliphatic heterocycles. The molecule has 134 valence electrons. The molecule has 0 unspecified atom stereocenters. The predicted octanol–water partition coefficient (Wildman–Crippen LogP) is 2.45. The largest absolute Gasteiger partial charge is 0.399 e. The minimum absolute atomic E-state index is 0.0290. The molecule has 0 aliphatic rings. The van der Waals surface area contributed by atoms with E-state index in [0.717, 1.165) is 5.56 Å². The predicted molar refractivity (Wildman–Crippen MR) is 98.6 cm³/mol. The number of nitrogen functional groups attached to an aromatic ring is 1. The third-order valence-corrected chi connectivity index (χ3v) is 5.18. The summed E-state index contributed by atoms with van der Waals surface area (Å²) in [6, 6.07) is 13.1. The zero-order valence-electron chi connectivity index (χ0n) is 14.5. The summed E-state index contributed by atoms with van der Waals surface area (Å²) in [5.74, 6) is -0.385. The van der Waals surface area contributed by atoms with Gasteiger partial charge in [-0.3, -0.25) is 4.79 Å². The molecule has 2 aromatic rings. The van der Waals surface area contributed by atoms with Crippen molar-refractivity contribution in [1.29, 1.82) is 0 Å². The van der Waals surface area contributed by atoms with Crippen LogP contribution in [0.4, 0.5) is 5.69 Å². The van der Waals surface area contributed by atoms with Gasteiger partial charge in [-0.2, -0.15) is 0 Å². The first-order valence-electron chi connectivity index (χ1n) is 7.98. The van der Waals surface area contributed by atoms with Crippen molar-refractivity contribution in [2.45, 2.75) is 37.8 Å². The van der Waals surface area contributed by atoms with Crippen molar-refractivity contribution in [3.8, 4) is 0 Å². The molecule has 0 fully saturated rings. The van der Waals surface area contributed by atoms with Gasteiger partial charge in [0.2, 0.25) is 10.0 Å². The van der Waals surface area contributed by atoms with Crippen LogP contribution in [-0.4, -0.2) is 20.4 Å². The van der Waals surface area contributed by atoms with Gasteiger partial charge in [0.05, 0.1) is 10.9 Å². The van der Waals surface area contributed by atoms with Crippen LogP contribution in [0, 0.1) is 0 Å². The van der Waals surface area contributed by atoms with Gasteiger partial charge in [0.15, 0.2) is 0 Å². The summed E-state index contributed by atoms with van der Waals surface area (Å²) in [4.78, 5) is 12.5. The summed E-state index contributed by atoms with van der Waals surface area (Å²) in [6.07, 6.45) is 0. The number of carbonyl (C=O) groups excluding carboxylic acids is 1. The fraction of sp³-hybridized carbons (Fsp3) is 0.278. The summed E-state index contributed by atoms with van der Waals surface area (Å²) in [5.41, 5.74) is 7.16. The Morgan fingerprint density at radius 3 is 2.28 bits per heavy atom. The Kier molecular flexibility index (Phi) is 5.81. The molecule has 4 N–H and O–H groups in total. The zero-order chi connectivity index (χ0) is 18.6. The van der Waals surface area contributed by atoms with Crippen molar-refractivity contribution in [3.05, 3.63) is 59.7 Å². The average Bonchev–Trinajstić information content (AvgIpc) is 2.53. The Balaban J connectivity index is 2.26. The van der Waals surface area contributed by atoms with E-state index in [2.05, 4.69) is 10.0 Å². The van der Waals surface area contributed by atoms with Gasteiger partial charge in [0.25, 0.3) is 5.91 Å². The molecule has 2 aromatic carbocycles. The maximum Gasteiger partial charge on any atom is 0.251 e. The molecule has 6 nitrogen and oxygen atoms in total. The quantitative estimate of drug-likeness (QED) is 0.688. The zero-order valence-corrected chi connectivity index (χ0v) is 15.3. The monoisotopic (exact) mass is 361 g/mol. The maximum atomic E-state index is 12.5. The first-order valence-corrected chi connectivity index (χ1v) is 9.46. The van der Waals surface area contributed by atoms with Gasteiger partial charge in [0, 0.05) is 17.3 Å². The van der Waals surface area contributed by atoms with Crippen LogP contribution >= 0.6 is 0 Å². The molecule has 0 radical (unpaired) electrons. The van der Waals surface area contributed by atoms with Gasteiger partial charge in [-0.1, -0.05) is 30.3 Å². The SMILES string of the molecule is CC(C)NS(=O)(=O)c1cc(N)cc(C(=O)N[C@@H](C)c2ccccc2)c1. The van der Waals surface area contributed by atoms with Gasteiger partial charge in [-0.05, 0) is 44.5 Å². The van der Waals surface area contributed by atoms with Crippen LogP contribution in [0.15, 0.2) is 53.4 Å². The lowest BCUT2D eigenvalue weighted by Gasteiger charge is -2.15. The van der Waals surface area contributed by atoms with Gasteiger partial charge < -0.3 is 11.1 Å². The van der Waals surface area contributed by atoms with Crippen molar-refractivity contribution < 1.29 is 13.2 Å². The number of sulfonamides is 1. The maximum absolute atomic E-state index is 12.5. The lowest BCUT2D eigenvalue weighted by molar-refractivity contribution is 0.0939. The Bertz CT molecular complexity index is 849. The molecule has 0 saturated carbocycles. The van der Waals surface area contributed by atoms with E-state index in [1.807, 2.05) is 37.3 Å². The molecular formula is C18H23N3O3S. The highest BCUT2D eigenvalue weighted by atomic mass is 32.2. The molecule has 0 aromatic heterocycles. The molecule has 2 rings (SSSR count). The molecule has 0 saturated heterocycles. The number of hydrogen-bond acceptors (Lipinski definition) is 4. The Morgan fingerprint density at radius 2 is 1.68 bits per heavy atom. The summed E-state index contributed by atoms with van der Waals surface area (Å²) in [7, 11) is -3.73. The first kappa shape index (κ1) is 19.0. The molecule has 1 amide bonds. The standard InChI is InChI=1S/C18H23N3O3S/c1-12(2)21-25(23,24)17-10-15(9-16(19)11-17)18(22)20-13(3)14-7-5-4-6-8-14/h4-13,21H,19H2,1-3H3,(H,20,22)/t13-/m0/s1. The summed E-state index contributed by atoms with van der Waals surface area (Å²) in [5, 5.41) is 2.85. The smallest absolute Gasteiger partial charge is 0.251 e. The number of hydrogen-bond donors (Lipinski definition) is 3. The van der Waals surface area contributed by atoms with Crippen LogP contribution in [0.5, 0.6) is 0 Å². The van der Waals surface area contributed by atoms with Gasteiger partial charge in [-0.25, -0.2) is 13.1 Å². The minimum Gasteiger partial charge on any atom is -0.399 e. The van der Waals surface area contributed by atoms with E-state index in [1.165, 1.54) is 18.2 Å². The third-order valence-electron chi connectivity index (χ3n) is 3.54. The highest BCUT2D eigenvalue weighted by Crippen LogP contribution is 2.19. The van der Waals surface area contributed by atoms with Crippen molar-refractivity contribution in [3.63, 3.8) is 0 Å². The Morgan fingerprint density at radius 1 is 1.04 bits per heavy atom. The number of carbonyl (C=O) groups is 1. The highest BCUT2D eigenvalue weighted by Gasteiger charge is 2.19. The molecule has 0 aliphatic carbocycles. The summed E-state index contributed by atoms with van der Waals surface area (Å²) < 4.78 is 27.1. The van der Waals surface area contributed by atoms with E-state index in [1.54, 1.807) is 13.8 Å².